The number of hydrogen-bond donors (Lipinski definition) is 2. The zero-order valence-electron chi connectivity index (χ0n) is 12.5. The second-order valence-electron chi connectivity index (χ2n) is 5.77. The van der Waals surface area contributed by atoms with Gasteiger partial charge in [0.1, 0.15) is 10.8 Å². The summed E-state index contributed by atoms with van der Waals surface area (Å²) in [5.74, 6) is 1.60. The quantitative estimate of drug-likeness (QED) is 0.810. The monoisotopic (exact) mass is 291 g/mol. The molecule has 1 aliphatic carbocycles. The Morgan fingerprint density at radius 1 is 1.40 bits per heavy atom. The third-order valence-corrected chi connectivity index (χ3v) is 4.50. The van der Waals surface area contributed by atoms with Crippen LogP contribution in [-0.4, -0.2) is 16.0 Å². The van der Waals surface area contributed by atoms with Crippen LogP contribution >= 0.6 is 12.2 Å². The van der Waals surface area contributed by atoms with E-state index in [-0.39, 0.29) is 0 Å². The zero-order valence-corrected chi connectivity index (χ0v) is 13.3. The molecule has 1 aromatic heterocycles. The largest absolute Gasteiger partial charge is 0.389 e. The van der Waals surface area contributed by atoms with Crippen molar-refractivity contribution in [1.29, 1.82) is 0 Å². The summed E-state index contributed by atoms with van der Waals surface area (Å²) in [5.41, 5.74) is 7.66. The molecule has 1 aromatic rings. The number of aromatic nitrogens is 1. The van der Waals surface area contributed by atoms with Crippen molar-refractivity contribution in [1.82, 2.24) is 4.98 Å². The van der Waals surface area contributed by atoms with Crippen molar-refractivity contribution in [3.8, 4) is 0 Å². The van der Waals surface area contributed by atoms with E-state index in [9.17, 15) is 0 Å². The van der Waals surface area contributed by atoms with Gasteiger partial charge in [0, 0.05) is 11.7 Å². The van der Waals surface area contributed by atoms with Gasteiger partial charge in [0.2, 0.25) is 0 Å². The molecule has 110 valence electrons. The molecule has 1 saturated carbocycles. The van der Waals surface area contributed by atoms with Crippen LogP contribution in [0.3, 0.4) is 0 Å². The number of nitrogens with two attached hydrogens (primary N) is 1. The van der Waals surface area contributed by atoms with Gasteiger partial charge in [-0.25, -0.2) is 4.98 Å². The predicted octanol–water partition coefficient (Wildman–Crippen LogP) is 3.80. The van der Waals surface area contributed by atoms with Crippen molar-refractivity contribution in [3.63, 3.8) is 0 Å². The maximum absolute atomic E-state index is 5.81. The van der Waals surface area contributed by atoms with Gasteiger partial charge in [-0.05, 0) is 44.2 Å². The van der Waals surface area contributed by atoms with E-state index in [0.29, 0.717) is 11.0 Å². The number of pyridine rings is 1. The summed E-state index contributed by atoms with van der Waals surface area (Å²) in [6.07, 6.45) is 7.84. The molecule has 2 rings (SSSR count). The predicted molar refractivity (Wildman–Crippen MR) is 89.1 cm³/mol. The number of thiocarbonyl (C=S) groups is 1. The van der Waals surface area contributed by atoms with Crippen LogP contribution in [0.15, 0.2) is 12.1 Å². The average molecular weight is 291 g/mol. The molecule has 0 bridgehead atoms. The Morgan fingerprint density at radius 3 is 2.70 bits per heavy atom. The van der Waals surface area contributed by atoms with Crippen molar-refractivity contribution >= 4 is 23.0 Å². The number of anilines is 1. The van der Waals surface area contributed by atoms with Crippen LogP contribution in [0.1, 0.15) is 56.7 Å². The van der Waals surface area contributed by atoms with Gasteiger partial charge < -0.3 is 11.1 Å². The van der Waals surface area contributed by atoms with Crippen LogP contribution < -0.4 is 11.1 Å². The molecule has 1 fully saturated rings. The molecular formula is C16H25N3S. The van der Waals surface area contributed by atoms with Crippen molar-refractivity contribution < 1.29 is 0 Å². The van der Waals surface area contributed by atoms with Gasteiger partial charge in [-0.3, -0.25) is 0 Å². The average Bonchev–Trinajstić information content (AvgIpc) is 2.45. The van der Waals surface area contributed by atoms with E-state index < -0.39 is 0 Å². The molecule has 0 aliphatic heterocycles. The Bertz CT molecular complexity index is 467. The first-order valence-electron chi connectivity index (χ1n) is 7.65. The molecule has 3 nitrogen and oxygen atoms in total. The molecule has 0 spiro atoms. The van der Waals surface area contributed by atoms with Crippen molar-refractivity contribution in [2.75, 3.05) is 5.32 Å². The van der Waals surface area contributed by atoms with Gasteiger partial charge in [0.05, 0.1) is 5.56 Å². The minimum absolute atomic E-state index is 0.415. The fourth-order valence-corrected chi connectivity index (χ4v) is 3.30. The fraction of sp³-hybridized carbons (Fsp3) is 0.625. The smallest absolute Gasteiger partial charge is 0.136 e. The molecule has 0 radical (unpaired) electrons. The van der Waals surface area contributed by atoms with E-state index in [1.807, 2.05) is 19.1 Å². The molecule has 3 N–H and O–H groups in total. The lowest BCUT2D eigenvalue weighted by Crippen LogP contribution is -2.31. The third-order valence-electron chi connectivity index (χ3n) is 4.28. The molecule has 1 unspecified atom stereocenters. The first-order valence-corrected chi connectivity index (χ1v) is 8.06. The molecule has 0 aromatic carbocycles. The summed E-state index contributed by atoms with van der Waals surface area (Å²) in [4.78, 5) is 5.01. The van der Waals surface area contributed by atoms with E-state index in [2.05, 4.69) is 17.2 Å². The van der Waals surface area contributed by atoms with Crippen LogP contribution in [0.25, 0.3) is 0 Å². The number of rotatable bonds is 5. The zero-order chi connectivity index (χ0) is 14.5. The standard InChI is InChI=1S/C16H25N3S/c1-3-14(12-7-5-4-6-8-12)19-16-13(15(17)20)10-9-11(2)18-16/h9-10,12,14H,3-8H2,1-2H3,(H2,17,20)(H,18,19). The summed E-state index contributed by atoms with van der Waals surface area (Å²) in [5, 5.41) is 3.61. The molecule has 20 heavy (non-hydrogen) atoms. The summed E-state index contributed by atoms with van der Waals surface area (Å²) in [7, 11) is 0. The summed E-state index contributed by atoms with van der Waals surface area (Å²) in [6.45, 7) is 4.23. The Morgan fingerprint density at radius 2 is 2.10 bits per heavy atom. The lowest BCUT2D eigenvalue weighted by molar-refractivity contribution is 0.312. The topological polar surface area (TPSA) is 50.9 Å². The second kappa shape index (κ2) is 7.02. The highest BCUT2D eigenvalue weighted by atomic mass is 32.1. The Labute approximate surface area is 127 Å². The summed E-state index contributed by atoms with van der Waals surface area (Å²) >= 11 is 5.14. The third kappa shape index (κ3) is 3.69. The van der Waals surface area contributed by atoms with E-state index >= 15 is 0 Å². The van der Waals surface area contributed by atoms with Gasteiger partial charge in [-0.1, -0.05) is 38.4 Å². The van der Waals surface area contributed by atoms with E-state index in [0.717, 1.165) is 29.4 Å². The number of nitrogens with zero attached hydrogens (tertiary/aromatic N) is 1. The van der Waals surface area contributed by atoms with Gasteiger partial charge in [-0.2, -0.15) is 0 Å². The van der Waals surface area contributed by atoms with Crippen LogP contribution in [0, 0.1) is 12.8 Å². The van der Waals surface area contributed by atoms with E-state index in [1.54, 1.807) is 0 Å². The molecule has 4 heteroatoms. The van der Waals surface area contributed by atoms with Gasteiger partial charge in [-0.15, -0.1) is 0 Å². The normalized spacial score (nSPS) is 17.7. The first kappa shape index (κ1) is 15.2. The molecule has 1 atom stereocenters. The van der Waals surface area contributed by atoms with Crippen molar-refractivity contribution in [2.24, 2.45) is 11.7 Å². The molecule has 0 saturated heterocycles. The second-order valence-corrected chi connectivity index (χ2v) is 6.21. The molecule has 1 aliphatic rings. The summed E-state index contributed by atoms with van der Waals surface area (Å²) < 4.78 is 0. The van der Waals surface area contributed by atoms with E-state index in [1.165, 1.54) is 32.1 Å². The minimum Gasteiger partial charge on any atom is -0.389 e. The lowest BCUT2D eigenvalue weighted by Gasteiger charge is -2.31. The van der Waals surface area contributed by atoms with Crippen LogP contribution in [0.2, 0.25) is 0 Å². The molecule has 0 amide bonds. The Hall–Kier alpha value is -1.16. The van der Waals surface area contributed by atoms with Gasteiger partial charge in [0.25, 0.3) is 0 Å². The molecular weight excluding hydrogens is 266 g/mol. The van der Waals surface area contributed by atoms with Gasteiger partial charge >= 0.3 is 0 Å². The highest BCUT2D eigenvalue weighted by Crippen LogP contribution is 2.30. The SMILES string of the molecule is CCC(Nc1nc(C)ccc1C(N)=S)C1CCCCC1. The first-order chi connectivity index (χ1) is 9.61. The highest BCUT2D eigenvalue weighted by Gasteiger charge is 2.23. The molecule has 1 heterocycles. The fourth-order valence-electron chi connectivity index (χ4n) is 3.13. The van der Waals surface area contributed by atoms with Crippen molar-refractivity contribution in [2.45, 2.75) is 58.4 Å². The number of nitrogens with one attached hydrogen (secondary N) is 1. The van der Waals surface area contributed by atoms with Crippen molar-refractivity contribution in [3.05, 3.63) is 23.4 Å². The number of hydrogen-bond acceptors (Lipinski definition) is 3. The Balaban J connectivity index is 2.17. The number of aryl methyl sites for hydroxylation is 1. The highest BCUT2D eigenvalue weighted by molar-refractivity contribution is 7.80. The van der Waals surface area contributed by atoms with Gasteiger partial charge in [0.15, 0.2) is 0 Å². The minimum atomic E-state index is 0.415. The van der Waals surface area contributed by atoms with Crippen LogP contribution in [0.5, 0.6) is 0 Å². The van der Waals surface area contributed by atoms with Crippen LogP contribution in [-0.2, 0) is 0 Å². The summed E-state index contributed by atoms with van der Waals surface area (Å²) in [6, 6.07) is 4.40. The van der Waals surface area contributed by atoms with E-state index in [4.69, 9.17) is 18.0 Å². The Kier molecular flexibility index (Phi) is 5.35. The maximum atomic E-state index is 5.81. The van der Waals surface area contributed by atoms with Crippen LogP contribution in [0.4, 0.5) is 5.82 Å². The lowest BCUT2D eigenvalue weighted by atomic mass is 9.83. The maximum Gasteiger partial charge on any atom is 0.136 e.